The highest BCUT2D eigenvalue weighted by Crippen LogP contribution is 2.23. The number of pyridine rings is 1. The normalized spacial score (nSPS) is 12.2. The lowest BCUT2D eigenvalue weighted by atomic mass is 10.1. The van der Waals surface area contributed by atoms with Gasteiger partial charge in [-0.2, -0.15) is 0 Å². The molecule has 0 bridgehead atoms. The van der Waals surface area contributed by atoms with Gasteiger partial charge in [-0.15, -0.1) is 0 Å². The number of nitrogens with one attached hydrogen (secondary N) is 2. The second-order valence-electron chi connectivity index (χ2n) is 5.89. The van der Waals surface area contributed by atoms with Crippen molar-refractivity contribution in [3.63, 3.8) is 0 Å². The van der Waals surface area contributed by atoms with Crippen LogP contribution in [-0.4, -0.2) is 32.2 Å². The number of carboxylic acid groups (broad SMARTS) is 1. The maximum Gasteiger partial charge on any atom is 0.326 e. The number of carboxylic acids is 1. The number of anilines is 1. The van der Waals surface area contributed by atoms with E-state index in [4.69, 9.17) is 4.52 Å². The molecule has 1 atom stereocenters. The van der Waals surface area contributed by atoms with E-state index in [0.29, 0.717) is 17.8 Å². The molecule has 26 heavy (non-hydrogen) atoms. The molecule has 0 aliphatic carbocycles. The maximum atomic E-state index is 11.7. The summed E-state index contributed by atoms with van der Waals surface area (Å²) in [5, 5.41) is 17.4. The van der Waals surface area contributed by atoms with Gasteiger partial charge in [0, 0.05) is 35.8 Å². The fourth-order valence-corrected chi connectivity index (χ4v) is 2.87. The van der Waals surface area contributed by atoms with Crippen molar-refractivity contribution < 1.29 is 14.4 Å². The predicted octanol–water partition coefficient (Wildman–Crippen LogP) is 3.33. The lowest BCUT2D eigenvalue weighted by Crippen LogP contribution is -2.31. The Morgan fingerprint density at radius 1 is 1.19 bits per heavy atom. The fraction of sp³-hybridized carbons (Fsp3) is 0.105. The topological polar surface area (TPSA) is 104 Å². The van der Waals surface area contributed by atoms with Crippen LogP contribution in [0.25, 0.3) is 22.3 Å². The number of hydrogen-bond acceptors (Lipinski definition) is 5. The van der Waals surface area contributed by atoms with Gasteiger partial charge in [0.1, 0.15) is 11.7 Å². The first-order chi connectivity index (χ1) is 12.7. The van der Waals surface area contributed by atoms with Crippen LogP contribution < -0.4 is 5.32 Å². The second kappa shape index (κ2) is 6.72. The van der Waals surface area contributed by atoms with Crippen molar-refractivity contribution in [1.29, 1.82) is 0 Å². The van der Waals surface area contributed by atoms with Crippen molar-refractivity contribution in [2.24, 2.45) is 0 Å². The number of hydrogen-bond donors (Lipinski definition) is 3. The molecule has 0 aliphatic rings. The van der Waals surface area contributed by atoms with Gasteiger partial charge in [0.2, 0.25) is 5.88 Å². The lowest BCUT2D eigenvalue weighted by molar-refractivity contribution is -0.137. The summed E-state index contributed by atoms with van der Waals surface area (Å²) in [6, 6.07) is 14.0. The zero-order chi connectivity index (χ0) is 17.9. The van der Waals surface area contributed by atoms with E-state index in [0.717, 1.165) is 16.5 Å². The minimum atomic E-state index is -0.967. The van der Waals surface area contributed by atoms with Crippen LogP contribution in [0.15, 0.2) is 65.4 Å². The average Bonchev–Trinajstić information content (AvgIpc) is 3.29. The van der Waals surface area contributed by atoms with E-state index in [2.05, 4.69) is 20.4 Å². The van der Waals surface area contributed by atoms with E-state index < -0.39 is 12.0 Å². The van der Waals surface area contributed by atoms with Crippen molar-refractivity contribution >= 4 is 22.8 Å². The highest BCUT2D eigenvalue weighted by Gasteiger charge is 2.21. The largest absolute Gasteiger partial charge is 0.480 e. The van der Waals surface area contributed by atoms with Gasteiger partial charge in [-0.05, 0) is 23.8 Å². The van der Waals surface area contributed by atoms with Gasteiger partial charge < -0.3 is 19.9 Å². The van der Waals surface area contributed by atoms with Crippen molar-refractivity contribution in [2.45, 2.75) is 12.5 Å². The molecular formula is C19H16N4O3. The zero-order valence-corrected chi connectivity index (χ0v) is 13.7. The van der Waals surface area contributed by atoms with E-state index in [1.54, 1.807) is 12.3 Å². The Morgan fingerprint density at radius 2 is 2.04 bits per heavy atom. The molecule has 0 amide bonds. The summed E-state index contributed by atoms with van der Waals surface area (Å²) in [5.41, 5.74) is 3.10. The average molecular weight is 348 g/mol. The predicted molar refractivity (Wildman–Crippen MR) is 96.8 cm³/mol. The molecule has 0 saturated carbocycles. The number of aromatic nitrogens is 3. The van der Waals surface area contributed by atoms with E-state index in [1.165, 1.54) is 0 Å². The molecular weight excluding hydrogens is 332 g/mol. The molecule has 3 heterocycles. The van der Waals surface area contributed by atoms with Gasteiger partial charge >= 0.3 is 5.97 Å². The smallest absolute Gasteiger partial charge is 0.326 e. The van der Waals surface area contributed by atoms with Gasteiger partial charge in [0.25, 0.3) is 0 Å². The van der Waals surface area contributed by atoms with E-state index >= 15 is 0 Å². The fourth-order valence-electron chi connectivity index (χ4n) is 2.87. The van der Waals surface area contributed by atoms with Crippen molar-refractivity contribution in [3.05, 3.63) is 66.5 Å². The third-order valence-corrected chi connectivity index (χ3v) is 4.15. The van der Waals surface area contributed by atoms with Crippen molar-refractivity contribution in [1.82, 2.24) is 15.1 Å². The van der Waals surface area contributed by atoms with Crippen molar-refractivity contribution in [2.75, 3.05) is 5.32 Å². The summed E-state index contributed by atoms with van der Waals surface area (Å²) in [6.07, 6.45) is 3.80. The van der Waals surface area contributed by atoms with Gasteiger partial charge in [0.05, 0.1) is 5.69 Å². The summed E-state index contributed by atoms with van der Waals surface area (Å²) < 4.78 is 5.23. The molecule has 130 valence electrons. The number of carbonyl (C=O) groups is 1. The summed E-state index contributed by atoms with van der Waals surface area (Å²) in [7, 11) is 0. The zero-order valence-electron chi connectivity index (χ0n) is 13.7. The molecule has 0 radical (unpaired) electrons. The van der Waals surface area contributed by atoms with Crippen LogP contribution in [0.1, 0.15) is 5.56 Å². The highest BCUT2D eigenvalue weighted by atomic mass is 16.5. The molecule has 7 heteroatoms. The Morgan fingerprint density at radius 3 is 2.85 bits per heavy atom. The summed E-state index contributed by atoms with van der Waals surface area (Å²) in [5.74, 6) is -0.677. The standard InChI is InChI=1S/C19H16N4O3/c24-19(25)17(9-12-11-21-14-6-2-1-5-13(12)14)22-18-10-16(23-26-18)15-7-3-4-8-20-15/h1-8,10-11,17,21-22H,9H2,(H,24,25). The summed E-state index contributed by atoms with van der Waals surface area (Å²) >= 11 is 0. The molecule has 4 rings (SSSR count). The molecule has 0 spiro atoms. The first-order valence-electron chi connectivity index (χ1n) is 8.13. The van der Waals surface area contributed by atoms with Crippen LogP contribution in [0.2, 0.25) is 0 Å². The number of H-pyrrole nitrogens is 1. The van der Waals surface area contributed by atoms with Gasteiger partial charge in [-0.25, -0.2) is 4.79 Å². The number of aromatic amines is 1. The van der Waals surface area contributed by atoms with Gasteiger partial charge in [0.15, 0.2) is 0 Å². The first-order valence-corrected chi connectivity index (χ1v) is 8.13. The maximum absolute atomic E-state index is 11.7. The number of para-hydroxylation sites is 1. The van der Waals surface area contributed by atoms with Crippen molar-refractivity contribution in [3.8, 4) is 11.4 Å². The van der Waals surface area contributed by atoms with Gasteiger partial charge in [-0.3, -0.25) is 4.98 Å². The van der Waals surface area contributed by atoms with Crippen LogP contribution in [0.5, 0.6) is 0 Å². The third kappa shape index (κ3) is 3.14. The molecule has 7 nitrogen and oxygen atoms in total. The Bertz CT molecular complexity index is 1040. The molecule has 0 saturated heterocycles. The number of aliphatic carboxylic acids is 1. The van der Waals surface area contributed by atoms with Crippen LogP contribution in [0, 0.1) is 0 Å². The Hall–Kier alpha value is -3.61. The van der Waals surface area contributed by atoms with Crippen LogP contribution >= 0.6 is 0 Å². The van der Waals surface area contributed by atoms with Gasteiger partial charge in [-0.1, -0.05) is 29.4 Å². The quantitative estimate of drug-likeness (QED) is 0.494. The number of fused-ring (bicyclic) bond motifs is 1. The van der Waals surface area contributed by atoms with Crippen LogP contribution in [-0.2, 0) is 11.2 Å². The third-order valence-electron chi connectivity index (χ3n) is 4.15. The summed E-state index contributed by atoms with van der Waals surface area (Å²) in [6.45, 7) is 0. The minimum absolute atomic E-state index is 0.290. The Labute approximate surface area is 148 Å². The number of nitrogens with zero attached hydrogens (tertiary/aromatic N) is 2. The molecule has 0 fully saturated rings. The highest BCUT2D eigenvalue weighted by molar-refractivity contribution is 5.85. The molecule has 1 aromatic carbocycles. The van der Waals surface area contributed by atoms with Crippen LogP contribution in [0.4, 0.5) is 5.88 Å². The molecule has 1 unspecified atom stereocenters. The molecule has 4 aromatic rings. The lowest BCUT2D eigenvalue weighted by Gasteiger charge is -2.12. The number of benzene rings is 1. The van der Waals surface area contributed by atoms with E-state index in [1.807, 2.05) is 48.7 Å². The Balaban J connectivity index is 1.55. The molecule has 3 aromatic heterocycles. The SMILES string of the molecule is O=C(O)C(Cc1c[nH]c2ccccc12)Nc1cc(-c2ccccn2)no1. The molecule has 0 aliphatic heterocycles. The first kappa shape index (κ1) is 15.9. The molecule has 3 N–H and O–H groups in total. The monoisotopic (exact) mass is 348 g/mol. The van der Waals surface area contributed by atoms with Crippen LogP contribution in [0.3, 0.4) is 0 Å². The number of rotatable bonds is 6. The summed E-state index contributed by atoms with van der Waals surface area (Å²) in [4.78, 5) is 19.1. The van der Waals surface area contributed by atoms with E-state index in [-0.39, 0.29) is 5.88 Å². The second-order valence-corrected chi connectivity index (χ2v) is 5.89. The van der Waals surface area contributed by atoms with E-state index in [9.17, 15) is 9.90 Å². The Kier molecular flexibility index (Phi) is 4.10. The minimum Gasteiger partial charge on any atom is -0.480 e.